The van der Waals surface area contributed by atoms with Crippen LogP contribution in [0.5, 0.6) is 0 Å². The fourth-order valence-electron chi connectivity index (χ4n) is 2.86. The van der Waals surface area contributed by atoms with Gasteiger partial charge in [-0.05, 0) is 24.0 Å². The number of carbonyl (C=O) groups is 2. The van der Waals surface area contributed by atoms with Crippen LogP contribution in [0.2, 0.25) is 0 Å². The number of hydrogen-bond acceptors (Lipinski definition) is 3. The van der Waals surface area contributed by atoms with Crippen molar-refractivity contribution in [3.05, 3.63) is 71.8 Å². The quantitative estimate of drug-likeness (QED) is 0.257. The zero-order valence-corrected chi connectivity index (χ0v) is 15.0. The van der Waals surface area contributed by atoms with Crippen molar-refractivity contribution in [3.63, 3.8) is 0 Å². The molecule has 0 heterocycles. The molecule has 1 unspecified atom stereocenters. The Morgan fingerprint density at radius 3 is 1.89 bits per heavy atom. The zero-order valence-electron chi connectivity index (χ0n) is 15.0. The molecule has 27 heavy (non-hydrogen) atoms. The van der Waals surface area contributed by atoms with Gasteiger partial charge in [0.05, 0.1) is 5.92 Å². The highest BCUT2D eigenvalue weighted by Gasteiger charge is 2.26. The highest BCUT2D eigenvalue weighted by atomic mass is 16.2. The fraction of sp³-hybridized carbons (Fsp3) is 0.250. The van der Waals surface area contributed by atoms with E-state index in [1.807, 2.05) is 60.7 Å². The summed E-state index contributed by atoms with van der Waals surface area (Å²) in [6, 6.07) is 18.0. The third-order valence-electron chi connectivity index (χ3n) is 4.17. The molecular weight excluding hydrogens is 342 g/mol. The molecule has 2 aromatic rings. The zero-order chi connectivity index (χ0) is 19.6. The van der Waals surface area contributed by atoms with Crippen molar-refractivity contribution in [2.45, 2.75) is 24.8 Å². The van der Waals surface area contributed by atoms with Crippen molar-refractivity contribution >= 4 is 17.8 Å². The van der Waals surface area contributed by atoms with E-state index in [9.17, 15) is 9.59 Å². The summed E-state index contributed by atoms with van der Waals surface area (Å²) in [6.07, 6.45) is 0.895. The molecule has 0 aliphatic carbocycles. The van der Waals surface area contributed by atoms with Crippen LogP contribution in [0.4, 0.5) is 0 Å². The second kappa shape index (κ2) is 9.96. The number of nitrogens with one attached hydrogen (secondary N) is 3. The number of nitrogens with two attached hydrogens (primary N) is 2. The maximum absolute atomic E-state index is 13.0. The summed E-state index contributed by atoms with van der Waals surface area (Å²) >= 11 is 0. The van der Waals surface area contributed by atoms with Crippen LogP contribution in [0.1, 0.15) is 29.9 Å². The first-order valence-corrected chi connectivity index (χ1v) is 8.76. The molecule has 0 aliphatic rings. The minimum absolute atomic E-state index is 0.136. The second-order valence-corrected chi connectivity index (χ2v) is 6.20. The third-order valence-corrected chi connectivity index (χ3v) is 4.17. The van der Waals surface area contributed by atoms with Gasteiger partial charge in [0.15, 0.2) is 5.96 Å². The van der Waals surface area contributed by atoms with E-state index in [1.165, 1.54) is 0 Å². The topological polar surface area (TPSA) is 134 Å². The summed E-state index contributed by atoms with van der Waals surface area (Å²) in [6.45, 7) is 0.426. The van der Waals surface area contributed by atoms with Gasteiger partial charge in [-0.1, -0.05) is 60.7 Å². The average molecular weight is 367 g/mol. The first-order valence-electron chi connectivity index (χ1n) is 8.76. The van der Waals surface area contributed by atoms with Gasteiger partial charge in [-0.2, -0.15) is 0 Å². The Morgan fingerprint density at radius 1 is 0.926 bits per heavy atom. The molecule has 0 radical (unpaired) electrons. The SMILES string of the molecule is N=C(N)NCCCC(NC(=O)C(c1ccccc1)c1ccccc1)C(N)=O. The normalized spacial score (nSPS) is 11.6. The van der Waals surface area contributed by atoms with Crippen molar-refractivity contribution < 1.29 is 9.59 Å². The van der Waals surface area contributed by atoms with E-state index in [0.717, 1.165) is 11.1 Å². The van der Waals surface area contributed by atoms with Gasteiger partial charge < -0.3 is 22.1 Å². The second-order valence-electron chi connectivity index (χ2n) is 6.20. The summed E-state index contributed by atoms with van der Waals surface area (Å²) in [5, 5.41) is 12.6. The Kier molecular flexibility index (Phi) is 7.37. The van der Waals surface area contributed by atoms with Crippen LogP contribution >= 0.6 is 0 Å². The highest BCUT2D eigenvalue weighted by Crippen LogP contribution is 2.25. The summed E-state index contributed by atoms with van der Waals surface area (Å²) in [5.41, 5.74) is 12.4. The summed E-state index contributed by atoms with van der Waals surface area (Å²) in [5.74, 6) is -1.55. The molecule has 7 heteroatoms. The average Bonchev–Trinajstić information content (AvgIpc) is 2.66. The molecule has 0 saturated heterocycles. The summed E-state index contributed by atoms with van der Waals surface area (Å²) < 4.78 is 0. The van der Waals surface area contributed by atoms with Crippen LogP contribution in [0.3, 0.4) is 0 Å². The first-order chi connectivity index (χ1) is 13.0. The van der Waals surface area contributed by atoms with Crippen LogP contribution in [0.15, 0.2) is 60.7 Å². The van der Waals surface area contributed by atoms with E-state index in [4.69, 9.17) is 16.9 Å². The number of guanidine groups is 1. The molecule has 7 N–H and O–H groups in total. The number of amides is 2. The van der Waals surface area contributed by atoms with E-state index >= 15 is 0 Å². The molecule has 0 spiro atoms. The summed E-state index contributed by atoms with van der Waals surface area (Å²) in [7, 11) is 0. The largest absolute Gasteiger partial charge is 0.370 e. The molecule has 2 rings (SSSR count). The predicted octanol–water partition coefficient (Wildman–Crippen LogP) is 1.05. The van der Waals surface area contributed by atoms with E-state index in [-0.39, 0.29) is 11.9 Å². The van der Waals surface area contributed by atoms with Crippen LogP contribution < -0.4 is 22.1 Å². The van der Waals surface area contributed by atoms with Crippen molar-refractivity contribution in [2.24, 2.45) is 11.5 Å². The lowest BCUT2D eigenvalue weighted by atomic mass is 9.90. The van der Waals surface area contributed by atoms with Crippen molar-refractivity contribution in [3.8, 4) is 0 Å². The molecule has 142 valence electrons. The standard InChI is InChI=1S/C20H25N5O2/c21-18(26)16(12-7-13-24-20(22)23)25-19(27)17(14-8-3-1-4-9-14)15-10-5-2-6-11-15/h1-6,8-11,16-17H,7,12-13H2,(H2,21,26)(H,25,27)(H4,22,23,24). The smallest absolute Gasteiger partial charge is 0.240 e. The van der Waals surface area contributed by atoms with Gasteiger partial charge >= 0.3 is 0 Å². The number of benzene rings is 2. The van der Waals surface area contributed by atoms with Crippen LogP contribution in [-0.4, -0.2) is 30.4 Å². The Morgan fingerprint density at radius 2 is 1.44 bits per heavy atom. The number of rotatable bonds is 9. The van der Waals surface area contributed by atoms with Gasteiger partial charge in [-0.25, -0.2) is 0 Å². The van der Waals surface area contributed by atoms with Gasteiger partial charge in [0.1, 0.15) is 6.04 Å². The van der Waals surface area contributed by atoms with E-state index in [2.05, 4.69) is 10.6 Å². The number of carbonyl (C=O) groups excluding carboxylic acids is 2. The molecule has 0 bridgehead atoms. The molecule has 2 amide bonds. The molecule has 0 aromatic heterocycles. The molecule has 7 nitrogen and oxygen atoms in total. The van der Waals surface area contributed by atoms with Gasteiger partial charge in [-0.15, -0.1) is 0 Å². The Balaban J connectivity index is 2.14. The van der Waals surface area contributed by atoms with Gasteiger partial charge in [-0.3, -0.25) is 15.0 Å². The first kappa shape index (κ1) is 20.0. The summed E-state index contributed by atoms with van der Waals surface area (Å²) in [4.78, 5) is 24.8. The molecular formula is C20H25N5O2. The van der Waals surface area contributed by atoms with Crippen LogP contribution in [0, 0.1) is 5.41 Å². The minimum Gasteiger partial charge on any atom is -0.370 e. The van der Waals surface area contributed by atoms with Gasteiger partial charge in [0, 0.05) is 6.54 Å². The highest BCUT2D eigenvalue weighted by molar-refractivity contribution is 5.91. The maximum atomic E-state index is 13.0. The van der Waals surface area contributed by atoms with Crippen molar-refractivity contribution in [1.82, 2.24) is 10.6 Å². The number of primary amides is 1. The van der Waals surface area contributed by atoms with Crippen molar-refractivity contribution in [2.75, 3.05) is 6.54 Å². The molecule has 1 atom stereocenters. The Labute approximate surface area is 158 Å². The third kappa shape index (κ3) is 6.14. The molecule has 0 aliphatic heterocycles. The fourth-order valence-corrected chi connectivity index (χ4v) is 2.86. The monoisotopic (exact) mass is 367 g/mol. The minimum atomic E-state index is -0.791. The predicted molar refractivity (Wildman–Crippen MR) is 105 cm³/mol. The molecule has 0 saturated carbocycles. The van der Waals surface area contributed by atoms with Crippen LogP contribution in [-0.2, 0) is 9.59 Å². The molecule has 2 aromatic carbocycles. The molecule has 0 fully saturated rings. The Bertz CT molecular complexity index is 725. The van der Waals surface area contributed by atoms with Crippen LogP contribution in [0.25, 0.3) is 0 Å². The lowest BCUT2D eigenvalue weighted by Crippen LogP contribution is -2.46. The lowest BCUT2D eigenvalue weighted by Gasteiger charge is -2.22. The van der Waals surface area contributed by atoms with E-state index in [1.54, 1.807) is 0 Å². The van der Waals surface area contributed by atoms with E-state index in [0.29, 0.717) is 19.4 Å². The Hall–Kier alpha value is -3.35. The van der Waals surface area contributed by atoms with Gasteiger partial charge in [0.25, 0.3) is 0 Å². The number of hydrogen-bond donors (Lipinski definition) is 5. The lowest BCUT2D eigenvalue weighted by molar-refractivity contribution is -0.127. The van der Waals surface area contributed by atoms with Gasteiger partial charge in [0.2, 0.25) is 11.8 Å². The van der Waals surface area contributed by atoms with E-state index < -0.39 is 17.9 Å². The van der Waals surface area contributed by atoms with Crippen molar-refractivity contribution in [1.29, 1.82) is 5.41 Å². The maximum Gasteiger partial charge on any atom is 0.240 e.